The summed E-state index contributed by atoms with van der Waals surface area (Å²) in [6.07, 6.45) is -0.312. The Bertz CT molecular complexity index is 682. The third-order valence-electron chi connectivity index (χ3n) is 3.69. The number of hydrogen-bond acceptors (Lipinski definition) is 4. The maximum Gasteiger partial charge on any atom is 0.220 e. The number of benzene rings is 1. The molecule has 118 valence electrons. The van der Waals surface area contributed by atoms with Crippen LogP contribution in [0.25, 0.3) is 0 Å². The first-order valence-corrected chi connectivity index (χ1v) is 7.54. The lowest BCUT2D eigenvalue weighted by Gasteiger charge is -2.35. The van der Waals surface area contributed by atoms with Crippen molar-refractivity contribution in [1.29, 1.82) is 0 Å². The van der Waals surface area contributed by atoms with Crippen LogP contribution in [0.15, 0.2) is 34.5 Å². The first kappa shape index (κ1) is 16.7. The first-order valence-electron chi connectivity index (χ1n) is 7.10. The lowest BCUT2D eigenvalue weighted by Crippen LogP contribution is -2.44. The van der Waals surface area contributed by atoms with E-state index in [0.717, 1.165) is 5.56 Å². The van der Waals surface area contributed by atoms with Crippen LogP contribution in [0, 0.1) is 18.7 Å². The standard InChI is InChI=1S/C16H20FN3OS/c1-8(2)15-13(16(21)22)14(19-10(4)20(15)18)12-6-5-11(17)7-9(12)3/h5-8,10H,18H2,1-4H3,(H,21,22). The lowest BCUT2D eigenvalue weighted by atomic mass is 9.92. The molecule has 22 heavy (non-hydrogen) atoms. The van der Waals surface area contributed by atoms with Crippen LogP contribution in [0.2, 0.25) is 0 Å². The fourth-order valence-corrected chi connectivity index (χ4v) is 2.88. The van der Waals surface area contributed by atoms with Gasteiger partial charge in [0.1, 0.15) is 12.0 Å². The van der Waals surface area contributed by atoms with Gasteiger partial charge in [-0.3, -0.25) is 14.8 Å². The molecule has 1 heterocycles. The van der Waals surface area contributed by atoms with Gasteiger partial charge < -0.3 is 0 Å². The lowest BCUT2D eigenvalue weighted by molar-refractivity contribution is -0.107. The van der Waals surface area contributed by atoms with Gasteiger partial charge >= 0.3 is 0 Å². The van der Waals surface area contributed by atoms with Crippen molar-refractivity contribution in [2.45, 2.75) is 33.9 Å². The Labute approximate surface area is 135 Å². The molecule has 6 heteroatoms. The molecule has 1 aromatic carbocycles. The van der Waals surface area contributed by atoms with Crippen molar-refractivity contribution >= 4 is 23.5 Å². The van der Waals surface area contributed by atoms with Gasteiger partial charge in [-0.2, -0.15) is 0 Å². The van der Waals surface area contributed by atoms with Crippen LogP contribution in [0.1, 0.15) is 31.9 Å². The molecule has 0 amide bonds. The zero-order valence-electron chi connectivity index (χ0n) is 13.1. The molecular weight excluding hydrogens is 301 g/mol. The molecule has 4 nitrogen and oxygen atoms in total. The van der Waals surface area contributed by atoms with Crippen LogP contribution in [0.4, 0.5) is 4.39 Å². The van der Waals surface area contributed by atoms with Gasteiger partial charge in [0.2, 0.25) is 5.12 Å². The Kier molecular flexibility index (Phi) is 4.72. The number of allylic oxidation sites excluding steroid dienone is 1. The van der Waals surface area contributed by atoms with Crippen LogP contribution in [-0.4, -0.2) is 22.0 Å². The second kappa shape index (κ2) is 6.22. The molecule has 0 aromatic heterocycles. The molecule has 1 aliphatic heterocycles. The largest absolute Gasteiger partial charge is 0.290 e. The predicted molar refractivity (Wildman–Crippen MR) is 89.0 cm³/mol. The van der Waals surface area contributed by atoms with Crippen molar-refractivity contribution in [3.63, 3.8) is 0 Å². The maximum absolute atomic E-state index is 13.4. The highest BCUT2D eigenvalue weighted by molar-refractivity contribution is 7.97. The van der Waals surface area contributed by atoms with E-state index in [4.69, 9.17) is 5.84 Å². The number of aliphatic imine (C=N–C) groups is 1. The Balaban J connectivity index is 2.71. The minimum atomic E-state index is -0.395. The number of aryl methyl sites for hydroxylation is 1. The van der Waals surface area contributed by atoms with E-state index in [9.17, 15) is 9.18 Å². The van der Waals surface area contributed by atoms with Gasteiger partial charge in [-0.05, 0) is 43.5 Å². The number of rotatable bonds is 3. The Hall–Kier alpha value is -1.66. The van der Waals surface area contributed by atoms with Gasteiger partial charge in [-0.1, -0.05) is 13.8 Å². The van der Waals surface area contributed by atoms with E-state index < -0.39 is 5.12 Å². The molecule has 0 saturated heterocycles. The minimum Gasteiger partial charge on any atom is -0.290 e. The highest BCUT2D eigenvalue weighted by atomic mass is 32.1. The molecule has 1 atom stereocenters. The van der Waals surface area contributed by atoms with Gasteiger partial charge in [-0.25, -0.2) is 10.2 Å². The second-order valence-electron chi connectivity index (χ2n) is 5.70. The average Bonchev–Trinajstić information content (AvgIpc) is 2.40. The summed E-state index contributed by atoms with van der Waals surface area (Å²) in [6.45, 7) is 7.55. The quantitative estimate of drug-likeness (QED) is 0.665. The van der Waals surface area contributed by atoms with Crippen LogP contribution in [-0.2, 0) is 4.79 Å². The Morgan fingerprint density at radius 1 is 1.45 bits per heavy atom. The highest BCUT2D eigenvalue weighted by Gasteiger charge is 2.31. The molecule has 0 saturated carbocycles. The van der Waals surface area contributed by atoms with Gasteiger partial charge in [0.25, 0.3) is 0 Å². The third-order valence-corrected chi connectivity index (χ3v) is 3.92. The minimum absolute atomic E-state index is 0.0322. The van der Waals surface area contributed by atoms with E-state index in [-0.39, 0.29) is 17.9 Å². The van der Waals surface area contributed by atoms with E-state index in [1.807, 2.05) is 20.8 Å². The fourth-order valence-electron chi connectivity index (χ4n) is 2.66. The fraction of sp³-hybridized carbons (Fsp3) is 0.375. The van der Waals surface area contributed by atoms with Gasteiger partial charge in [0.15, 0.2) is 0 Å². The molecule has 2 rings (SSSR count). The van der Waals surface area contributed by atoms with Crippen molar-refractivity contribution in [3.8, 4) is 0 Å². The summed E-state index contributed by atoms with van der Waals surface area (Å²) >= 11 is 4.00. The summed E-state index contributed by atoms with van der Waals surface area (Å²) in [7, 11) is 0. The molecule has 2 N–H and O–H groups in total. The second-order valence-corrected chi connectivity index (χ2v) is 6.10. The van der Waals surface area contributed by atoms with E-state index in [2.05, 4.69) is 17.6 Å². The van der Waals surface area contributed by atoms with Gasteiger partial charge in [-0.15, -0.1) is 12.6 Å². The van der Waals surface area contributed by atoms with Crippen LogP contribution in [0.5, 0.6) is 0 Å². The molecule has 0 spiro atoms. The maximum atomic E-state index is 13.4. The zero-order valence-corrected chi connectivity index (χ0v) is 14.0. The summed E-state index contributed by atoms with van der Waals surface area (Å²) in [5.41, 5.74) is 3.04. The van der Waals surface area contributed by atoms with E-state index in [1.165, 1.54) is 17.1 Å². The normalized spacial score (nSPS) is 18.8. The first-order chi connectivity index (χ1) is 10.2. The van der Waals surface area contributed by atoms with Crippen LogP contribution in [0.3, 0.4) is 0 Å². The van der Waals surface area contributed by atoms with Crippen molar-refractivity contribution in [2.24, 2.45) is 16.8 Å². The number of hydrogen-bond donors (Lipinski definition) is 2. The highest BCUT2D eigenvalue weighted by Crippen LogP contribution is 2.30. The van der Waals surface area contributed by atoms with Crippen molar-refractivity contribution < 1.29 is 9.18 Å². The average molecular weight is 321 g/mol. The smallest absolute Gasteiger partial charge is 0.220 e. The zero-order chi connectivity index (χ0) is 16.6. The number of carbonyl (C=O) groups is 1. The number of thiol groups is 1. The van der Waals surface area contributed by atoms with E-state index in [0.29, 0.717) is 22.5 Å². The molecule has 0 aliphatic carbocycles. The number of halogens is 1. The molecule has 0 bridgehead atoms. The summed E-state index contributed by atoms with van der Waals surface area (Å²) in [4.78, 5) is 16.6. The number of hydrazine groups is 1. The van der Waals surface area contributed by atoms with Crippen LogP contribution >= 0.6 is 12.6 Å². The SMILES string of the molecule is Cc1cc(F)ccc1C1=NC(C)N(N)C(C(C)C)=C1C(=O)S. The number of nitrogens with two attached hydrogens (primary N) is 1. The van der Waals surface area contributed by atoms with Crippen molar-refractivity contribution in [1.82, 2.24) is 5.01 Å². The Morgan fingerprint density at radius 3 is 2.59 bits per heavy atom. The van der Waals surface area contributed by atoms with Crippen molar-refractivity contribution in [2.75, 3.05) is 0 Å². The number of nitrogens with zero attached hydrogens (tertiary/aromatic N) is 2. The molecule has 0 fully saturated rings. The molecule has 0 radical (unpaired) electrons. The molecular formula is C16H20FN3OS. The summed E-state index contributed by atoms with van der Waals surface area (Å²) in [6, 6.07) is 4.42. The summed E-state index contributed by atoms with van der Waals surface area (Å²) in [5, 5.41) is 1.10. The van der Waals surface area contributed by atoms with E-state index >= 15 is 0 Å². The van der Waals surface area contributed by atoms with Gasteiger partial charge in [0.05, 0.1) is 11.3 Å². The topological polar surface area (TPSA) is 58.7 Å². The predicted octanol–water partition coefficient (Wildman–Crippen LogP) is 2.83. The summed E-state index contributed by atoms with van der Waals surface area (Å²) < 4.78 is 13.4. The number of carbonyl (C=O) groups excluding carboxylic acids is 1. The molecule has 1 aromatic rings. The van der Waals surface area contributed by atoms with Crippen molar-refractivity contribution in [3.05, 3.63) is 46.4 Å². The molecule has 1 unspecified atom stereocenters. The monoisotopic (exact) mass is 321 g/mol. The van der Waals surface area contributed by atoms with Crippen LogP contribution < -0.4 is 5.84 Å². The Morgan fingerprint density at radius 2 is 2.09 bits per heavy atom. The third kappa shape index (κ3) is 2.94. The van der Waals surface area contributed by atoms with Gasteiger partial charge in [0, 0.05) is 11.3 Å². The summed E-state index contributed by atoms with van der Waals surface area (Å²) in [5.74, 6) is 5.79. The van der Waals surface area contributed by atoms with E-state index in [1.54, 1.807) is 13.0 Å². The molecule has 1 aliphatic rings.